The van der Waals surface area contributed by atoms with Crippen LogP contribution in [0.1, 0.15) is 42.8 Å². The quantitative estimate of drug-likeness (QED) is 0.888. The van der Waals surface area contributed by atoms with E-state index in [2.05, 4.69) is 43.1 Å². The van der Waals surface area contributed by atoms with Crippen LogP contribution in [0.5, 0.6) is 0 Å². The summed E-state index contributed by atoms with van der Waals surface area (Å²) in [6.45, 7) is 8.93. The van der Waals surface area contributed by atoms with Crippen molar-refractivity contribution >= 4 is 0 Å². The number of hydrogen-bond acceptors (Lipinski definition) is 3. The van der Waals surface area contributed by atoms with Gasteiger partial charge in [-0.25, -0.2) is 0 Å². The van der Waals surface area contributed by atoms with Gasteiger partial charge in [0.05, 0.1) is 5.69 Å². The molecule has 18 heavy (non-hydrogen) atoms. The van der Waals surface area contributed by atoms with Gasteiger partial charge in [0.15, 0.2) is 0 Å². The number of rotatable bonds is 3. The van der Waals surface area contributed by atoms with E-state index in [1.165, 1.54) is 37.2 Å². The fourth-order valence-electron chi connectivity index (χ4n) is 3.03. The van der Waals surface area contributed by atoms with Crippen molar-refractivity contribution in [1.82, 2.24) is 20.0 Å². The molecular formula is C14H26N4. The first-order chi connectivity index (χ1) is 8.49. The summed E-state index contributed by atoms with van der Waals surface area (Å²) >= 11 is 0. The third-order valence-corrected chi connectivity index (χ3v) is 4.20. The lowest BCUT2D eigenvalue weighted by Gasteiger charge is -2.31. The summed E-state index contributed by atoms with van der Waals surface area (Å²) in [5.74, 6) is 0. The zero-order valence-electron chi connectivity index (χ0n) is 12.3. The molecule has 0 aliphatic carbocycles. The van der Waals surface area contributed by atoms with Gasteiger partial charge in [-0.1, -0.05) is 0 Å². The van der Waals surface area contributed by atoms with E-state index >= 15 is 0 Å². The maximum atomic E-state index is 4.51. The Labute approximate surface area is 110 Å². The van der Waals surface area contributed by atoms with Crippen molar-refractivity contribution in [3.05, 3.63) is 17.0 Å². The van der Waals surface area contributed by atoms with Crippen LogP contribution >= 0.6 is 0 Å². The summed E-state index contributed by atoms with van der Waals surface area (Å²) in [7, 11) is 4.23. The van der Waals surface area contributed by atoms with Crippen molar-refractivity contribution in [2.75, 3.05) is 20.1 Å². The van der Waals surface area contributed by atoms with E-state index in [1.54, 1.807) is 0 Å². The Morgan fingerprint density at radius 3 is 2.33 bits per heavy atom. The highest BCUT2D eigenvalue weighted by molar-refractivity contribution is 5.27. The van der Waals surface area contributed by atoms with Crippen molar-refractivity contribution in [2.45, 2.75) is 45.7 Å². The molecule has 1 atom stereocenters. The lowest BCUT2D eigenvalue weighted by Crippen LogP contribution is -2.41. The number of nitrogens with one attached hydrogen (secondary N) is 1. The van der Waals surface area contributed by atoms with Crippen molar-refractivity contribution < 1.29 is 0 Å². The van der Waals surface area contributed by atoms with Crippen LogP contribution in [0.3, 0.4) is 0 Å². The zero-order valence-corrected chi connectivity index (χ0v) is 12.3. The topological polar surface area (TPSA) is 33.1 Å². The van der Waals surface area contributed by atoms with Crippen LogP contribution in [0.15, 0.2) is 0 Å². The largest absolute Gasteiger partial charge is 0.307 e. The molecule has 0 radical (unpaired) electrons. The van der Waals surface area contributed by atoms with Crippen molar-refractivity contribution in [3.63, 3.8) is 0 Å². The average Bonchev–Trinajstić information content (AvgIpc) is 2.56. The predicted octanol–water partition coefficient (Wildman–Crippen LogP) is 1.78. The highest BCUT2D eigenvalue weighted by atomic mass is 15.3. The third kappa shape index (κ3) is 2.75. The maximum absolute atomic E-state index is 4.51. The molecule has 1 unspecified atom stereocenters. The van der Waals surface area contributed by atoms with Crippen LogP contribution in [0.2, 0.25) is 0 Å². The van der Waals surface area contributed by atoms with Gasteiger partial charge in [-0.3, -0.25) is 4.68 Å². The molecule has 0 bridgehead atoms. The van der Waals surface area contributed by atoms with Crippen molar-refractivity contribution in [3.8, 4) is 0 Å². The minimum Gasteiger partial charge on any atom is -0.307 e. The summed E-state index contributed by atoms with van der Waals surface area (Å²) in [6, 6.07) is 1.04. The molecule has 102 valence electrons. The summed E-state index contributed by atoms with van der Waals surface area (Å²) < 4.78 is 1.98. The molecule has 1 aliphatic heterocycles. The zero-order chi connectivity index (χ0) is 13.3. The van der Waals surface area contributed by atoms with Gasteiger partial charge < -0.3 is 10.2 Å². The number of aryl methyl sites for hydroxylation is 2. The van der Waals surface area contributed by atoms with E-state index in [-0.39, 0.29) is 0 Å². The molecule has 4 heteroatoms. The summed E-state index contributed by atoms with van der Waals surface area (Å²) in [5, 5.41) is 8.28. The molecule has 1 aromatic heterocycles. The number of piperidine rings is 1. The Bertz CT molecular complexity index is 402. The van der Waals surface area contributed by atoms with E-state index in [9.17, 15) is 0 Å². The van der Waals surface area contributed by atoms with E-state index in [0.29, 0.717) is 12.1 Å². The molecule has 1 N–H and O–H groups in total. The monoisotopic (exact) mass is 250 g/mol. The van der Waals surface area contributed by atoms with Crippen LogP contribution < -0.4 is 5.32 Å². The van der Waals surface area contributed by atoms with E-state index in [1.807, 2.05) is 11.7 Å². The smallest absolute Gasteiger partial charge is 0.0644 e. The minimum absolute atomic E-state index is 0.395. The Kier molecular flexibility index (Phi) is 4.07. The van der Waals surface area contributed by atoms with Gasteiger partial charge >= 0.3 is 0 Å². The fraction of sp³-hybridized carbons (Fsp3) is 0.786. The standard InChI is InChI=1S/C14H26N4/c1-10(14-11(2)16-18(5)12(14)3)15-13-6-8-17(4)9-7-13/h10,13,15H,6-9H2,1-5H3. The van der Waals surface area contributed by atoms with Crippen LogP contribution in [0.25, 0.3) is 0 Å². The molecule has 0 aromatic carbocycles. The molecule has 1 aliphatic rings. The molecule has 0 amide bonds. The number of likely N-dealkylation sites (tertiary alicyclic amines) is 1. The van der Waals surface area contributed by atoms with Crippen molar-refractivity contribution in [2.24, 2.45) is 7.05 Å². The molecule has 1 fully saturated rings. The van der Waals surface area contributed by atoms with Gasteiger partial charge in [0.2, 0.25) is 0 Å². The number of nitrogens with zero attached hydrogens (tertiary/aromatic N) is 3. The van der Waals surface area contributed by atoms with E-state index < -0.39 is 0 Å². The lowest BCUT2D eigenvalue weighted by molar-refractivity contribution is 0.226. The molecule has 0 saturated carbocycles. The second-order valence-electron chi connectivity index (χ2n) is 5.67. The fourth-order valence-corrected chi connectivity index (χ4v) is 3.03. The van der Waals surface area contributed by atoms with Crippen LogP contribution in [-0.4, -0.2) is 40.9 Å². The van der Waals surface area contributed by atoms with Gasteiger partial charge in [0.25, 0.3) is 0 Å². The molecule has 0 spiro atoms. The maximum Gasteiger partial charge on any atom is 0.0644 e. The van der Waals surface area contributed by atoms with E-state index in [0.717, 1.165) is 5.69 Å². The lowest BCUT2D eigenvalue weighted by atomic mass is 10.0. The Morgan fingerprint density at radius 2 is 1.83 bits per heavy atom. The first-order valence-electron chi connectivity index (χ1n) is 6.93. The van der Waals surface area contributed by atoms with E-state index in [4.69, 9.17) is 0 Å². The second kappa shape index (κ2) is 5.41. The van der Waals surface area contributed by atoms with Gasteiger partial charge in [0, 0.05) is 30.4 Å². The third-order valence-electron chi connectivity index (χ3n) is 4.20. The molecule has 4 nitrogen and oxygen atoms in total. The predicted molar refractivity (Wildman–Crippen MR) is 74.8 cm³/mol. The molecule has 1 aromatic rings. The number of aromatic nitrogens is 2. The highest BCUT2D eigenvalue weighted by Gasteiger charge is 2.22. The first kappa shape index (κ1) is 13.6. The SMILES string of the molecule is Cc1nn(C)c(C)c1C(C)NC1CCN(C)CC1. The molecule has 2 heterocycles. The van der Waals surface area contributed by atoms with Crippen LogP contribution in [0, 0.1) is 13.8 Å². The Balaban J connectivity index is 2.01. The van der Waals surface area contributed by atoms with Crippen LogP contribution in [-0.2, 0) is 7.05 Å². The molecule has 2 rings (SSSR count). The summed E-state index contributed by atoms with van der Waals surface area (Å²) in [4.78, 5) is 2.41. The van der Waals surface area contributed by atoms with Gasteiger partial charge in [-0.05, 0) is 53.8 Å². The molecular weight excluding hydrogens is 224 g/mol. The normalized spacial score (nSPS) is 20.3. The highest BCUT2D eigenvalue weighted by Crippen LogP contribution is 2.22. The van der Waals surface area contributed by atoms with Gasteiger partial charge in [0.1, 0.15) is 0 Å². The first-order valence-corrected chi connectivity index (χ1v) is 6.93. The Morgan fingerprint density at radius 1 is 1.22 bits per heavy atom. The Hall–Kier alpha value is -0.870. The number of hydrogen-bond donors (Lipinski definition) is 1. The minimum atomic E-state index is 0.395. The van der Waals surface area contributed by atoms with Crippen LogP contribution in [0.4, 0.5) is 0 Å². The second-order valence-corrected chi connectivity index (χ2v) is 5.67. The summed E-state index contributed by atoms with van der Waals surface area (Å²) in [6.07, 6.45) is 2.50. The van der Waals surface area contributed by atoms with Gasteiger partial charge in [-0.2, -0.15) is 5.10 Å². The average molecular weight is 250 g/mol. The van der Waals surface area contributed by atoms with Gasteiger partial charge in [-0.15, -0.1) is 0 Å². The molecule has 1 saturated heterocycles. The van der Waals surface area contributed by atoms with Crippen molar-refractivity contribution in [1.29, 1.82) is 0 Å². The summed E-state index contributed by atoms with van der Waals surface area (Å²) in [5.41, 5.74) is 3.81.